The number of nitrogens with one attached hydrogen (secondary N) is 1. The van der Waals surface area contributed by atoms with Gasteiger partial charge in [0.05, 0.1) is 38.6 Å². The Bertz CT molecular complexity index is 1490. The third-order valence-corrected chi connectivity index (χ3v) is 15.0. The zero-order valence-corrected chi connectivity index (χ0v) is 46.2. The lowest BCUT2D eigenvalue weighted by molar-refractivity contribution is -0.379. The van der Waals surface area contributed by atoms with Crippen molar-refractivity contribution in [1.82, 2.24) is 5.32 Å². The van der Waals surface area contributed by atoms with Crippen LogP contribution in [0, 0.1) is 0 Å². The third-order valence-electron chi connectivity index (χ3n) is 15.0. The largest absolute Gasteiger partial charge is 0.394 e. The van der Waals surface area contributed by atoms with Crippen molar-refractivity contribution >= 4 is 5.91 Å². The van der Waals surface area contributed by atoms with Crippen LogP contribution in [-0.2, 0) is 33.2 Å². The highest BCUT2D eigenvalue weighted by Crippen LogP contribution is 2.33. The predicted molar refractivity (Wildman–Crippen MR) is 286 cm³/mol. The Hall–Kier alpha value is -1.73. The molecule has 17 atom stereocenters. The molecule has 76 heavy (non-hydrogen) atoms. The fourth-order valence-electron chi connectivity index (χ4n) is 10.1. The van der Waals surface area contributed by atoms with E-state index in [1.165, 1.54) is 128 Å². The van der Waals surface area contributed by atoms with Crippen LogP contribution in [0.4, 0.5) is 0 Å². The minimum absolute atomic E-state index is 0.240. The molecule has 0 aromatic carbocycles. The molecule has 17 unspecified atom stereocenters. The van der Waals surface area contributed by atoms with E-state index in [9.17, 15) is 61.0 Å². The maximum Gasteiger partial charge on any atom is 0.220 e. The first kappa shape index (κ1) is 68.5. The van der Waals surface area contributed by atoms with Gasteiger partial charge in [-0.3, -0.25) is 4.79 Å². The van der Waals surface area contributed by atoms with Gasteiger partial charge in [0.2, 0.25) is 5.91 Å². The Labute approximate surface area is 454 Å². The molecule has 3 rings (SSSR count). The molecule has 3 aliphatic rings. The summed E-state index contributed by atoms with van der Waals surface area (Å²) in [6.07, 6.45) is 14.6. The van der Waals surface area contributed by atoms with Crippen molar-refractivity contribution in [2.75, 3.05) is 26.4 Å². The standard InChI is InChI=1S/C57H105NO18/c1-3-5-7-9-11-13-15-16-17-18-19-20-21-22-23-25-27-29-31-33-35-45(63)58-40(41(62)34-32-30-28-26-24-14-12-10-8-6-4-2)39-71-55-51(69)48(66)53(43(37-60)73-55)76-57-52(70)49(67)54(44(38-61)74-57)75-56-50(68)47(65)46(64)42(36-59)72-56/h24,26,32,34,40-44,46-57,59-62,64-70H,3-23,25,27-31,33,35-39H2,1-2H3,(H,58,63)/b26-24+,34-32+. The first-order valence-corrected chi connectivity index (χ1v) is 29.6. The van der Waals surface area contributed by atoms with Crippen molar-refractivity contribution in [3.63, 3.8) is 0 Å². The van der Waals surface area contributed by atoms with Crippen molar-refractivity contribution < 1.29 is 89.4 Å². The molecule has 446 valence electrons. The molecular weight excluding hydrogens is 987 g/mol. The van der Waals surface area contributed by atoms with Gasteiger partial charge in [0.25, 0.3) is 0 Å². The second-order valence-corrected chi connectivity index (χ2v) is 21.5. The summed E-state index contributed by atoms with van der Waals surface area (Å²) in [6.45, 7) is 1.67. The summed E-state index contributed by atoms with van der Waals surface area (Å²) in [7, 11) is 0. The van der Waals surface area contributed by atoms with Crippen LogP contribution in [-0.4, -0.2) is 193 Å². The molecule has 1 amide bonds. The molecule has 3 fully saturated rings. The lowest BCUT2D eigenvalue weighted by Crippen LogP contribution is -2.66. The smallest absolute Gasteiger partial charge is 0.220 e. The van der Waals surface area contributed by atoms with Gasteiger partial charge < -0.3 is 89.9 Å². The lowest BCUT2D eigenvalue weighted by Gasteiger charge is -2.48. The third kappa shape index (κ3) is 25.4. The topological polar surface area (TPSA) is 307 Å². The summed E-state index contributed by atoms with van der Waals surface area (Å²) >= 11 is 0. The quantitative estimate of drug-likeness (QED) is 0.0289. The lowest BCUT2D eigenvalue weighted by atomic mass is 9.96. The van der Waals surface area contributed by atoms with Crippen LogP contribution in [0.15, 0.2) is 24.3 Å². The van der Waals surface area contributed by atoms with Gasteiger partial charge in [-0.15, -0.1) is 0 Å². The average molecular weight is 1090 g/mol. The van der Waals surface area contributed by atoms with E-state index in [2.05, 4.69) is 31.3 Å². The maximum absolute atomic E-state index is 13.3. The van der Waals surface area contributed by atoms with Crippen LogP contribution in [0.5, 0.6) is 0 Å². The number of carbonyl (C=O) groups excluding carboxylic acids is 1. The zero-order valence-electron chi connectivity index (χ0n) is 46.2. The minimum Gasteiger partial charge on any atom is -0.394 e. The van der Waals surface area contributed by atoms with E-state index in [1.807, 2.05) is 6.08 Å². The number of ether oxygens (including phenoxy) is 6. The molecule has 0 aromatic rings. The van der Waals surface area contributed by atoms with E-state index in [-0.39, 0.29) is 18.9 Å². The number of hydrogen-bond donors (Lipinski definition) is 12. The highest BCUT2D eigenvalue weighted by atomic mass is 16.8. The molecule has 0 bridgehead atoms. The molecule has 3 heterocycles. The first-order chi connectivity index (χ1) is 36.8. The van der Waals surface area contributed by atoms with Gasteiger partial charge in [0, 0.05) is 6.42 Å². The van der Waals surface area contributed by atoms with Gasteiger partial charge in [0.15, 0.2) is 18.9 Å². The summed E-state index contributed by atoms with van der Waals surface area (Å²) < 4.78 is 34.2. The van der Waals surface area contributed by atoms with Crippen LogP contribution in [0.25, 0.3) is 0 Å². The Balaban J connectivity index is 1.49. The van der Waals surface area contributed by atoms with Crippen molar-refractivity contribution in [1.29, 1.82) is 0 Å². The first-order valence-electron chi connectivity index (χ1n) is 29.6. The molecule has 3 aliphatic heterocycles. The number of aliphatic hydroxyl groups excluding tert-OH is 11. The number of aliphatic hydroxyl groups is 11. The zero-order chi connectivity index (χ0) is 55.5. The van der Waals surface area contributed by atoms with E-state index in [0.29, 0.717) is 12.8 Å². The fraction of sp³-hybridized carbons (Fsp3) is 0.912. The second-order valence-electron chi connectivity index (χ2n) is 21.5. The van der Waals surface area contributed by atoms with Gasteiger partial charge in [-0.05, 0) is 32.1 Å². The normalized spacial score (nSPS) is 31.1. The van der Waals surface area contributed by atoms with Crippen LogP contribution in [0.3, 0.4) is 0 Å². The number of amides is 1. The Morgan fingerprint density at radius 3 is 1.32 bits per heavy atom. The summed E-state index contributed by atoms with van der Waals surface area (Å²) in [5.41, 5.74) is 0. The SMILES string of the molecule is CCCCCCC/C=C/CC/C=C/C(O)C(COC1OC(CO)C(OC2OC(CO)C(OC3OC(CO)C(O)C(O)C3O)C(O)C2O)C(O)C1O)NC(=O)CCCCCCCCCCCCCCCCCCCCCC. The molecule has 12 N–H and O–H groups in total. The monoisotopic (exact) mass is 1090 g/mol. The number of rotatable bonds is 43. The number of allylic oxidation sites excluding steroid dienone is 3. The highest BCUT2D eigenvalue weighted by Gasteiger charge is 2.53. The molecule has 19 heteroatoms. The highest BCUT2D eigenvalue weighted by molar-refractivity contribution is 5.76. The predicted octanol–water partition coefficient (Wildman–Crippen LogP) is 4.76. The van der Waals surface area contributed by atoms with Gasteiger partial charge in [0.1, 0.15) is 73.2 Å². The van der Waals surface area contributed by atoms with Gasteiger partial charge >= 0.3 is 0 Å². The summed E-state index contributed by atoms with van der Waals surface area (Å²) in [5, 5.41) is 120. The second kappa shape index (κ2) is 41.3. The van der Waals surface area contributed by atoms with E-state index in [4.69, 9.17) is 28.4 Å². The fourth-order valence-corrected chi connectivity index (χ4v) is 10.1. The molecule has 0 saturated carbocycles. The van der Waals surface area contributed by atoms with Gasteiger partial charge in [-0.2, -0.15) is 0 Å². The van der Waals surface area contributed by atoms with E-state index >= 15 is 0 Å². The summed E-state index contributed by atoms with van der Waals surface area (Å²) in [6, 6.07) is -0.983. The molecule has 0 aliphatic carbocycles. The Kier molecular flexibility index (Phi) is 37.2. The van der Waals surface area contributed by atoms with E-state index in [0.717, 1.165) is 38.5 Å². The Morgan fingerprint density at radius 1 is 0.461 bits per heavy atom. The van der Waals surface area contributed by atoms with Crippen molar-refractivity contribution in [3.8, 4) is 0 Å². The van der Waals surface area contributed by atoms with Crippen LogP contribution in [0.2, 0.25) is 0 Å². The van der Waals surface area contributed by atoms with Crippen LogP contribution >= 0.6 is 0 Å². The summed E-state index contributed by atoms with van der Waals surface area (Å²) in [5.74, 6) is -0.285. The molecule has 0 spiro atoms. The average Bonchev–Trinajstić information content (AvgIpc) is 3.42. The molecular formula is C57H105NO18. The van der Waals surface area contributed by atoms with Crippen LogP contribution in [0.1, 0.15) is 200 Å². The molecule has 0 radical (unpaired) electrons. The molecule has 0 aromatic heterocycles. The molecule has 3 saturated heterocycles. The number of hydrogen-bond acceptors (Lipinski definition) is 18. The Morgan fingerprint density at radius 2 is 0.842 bits per heavy atom. The van der Waals surface area contributed by atoms with Gasteiger partial charge in [-0.1, -0.05) is 186 Å². The number of carbonyl (C=O) groups is 1. The van der Waals surface area contributed by atoms with E-state index in [1.54, 1.807) is 6.08 Å². The van der Waals surface area contributed by atoms with Crippen molar-refractivity contribution in [3.05, 3.63) is 24.3 Å². The van der Waals surface area contributed by atoms with Crippen molar-refractivity contribution in [2.24, 2.45) is 0 Å². The molecule has 19 nitrogen and oxygen atoms in total. The maximum atomic E-state index is 13.3. The summed E-state index contributed by atoms with van der Waals surface area (Å²) in [4.78, 5) is 13.3. The van der Waals surface area contributed by atoms with E-state index < -0.39 is 124 Å². The van der Waals surface area contributed by atoms with Crippen molar-refractivity contribution in [2.45, 2.75) is 304 Å². The van der Waals surface area contributed by atoms with Gasteiger partial charge in [-0.25, -0.2) is 0 Å². The minimum atomic E-state index is -1.98. The number of unbranched alkanes of at least 4 members (excludes halogenated alkanes) is 25. The van der Waals surface area contributed by atoms with Crippen LogP contribution < -0.4 is 5.32 Å².